The van der Waals surface area contributed by atoms with Crippen molar-refractivity contribution in [2.45, 2.75) is 53.9 Å². The van der Waals surface area contributed by atoms with Gasteiger partial charge < -0.3 is 5.32 Å². The second-order valence-corrected chi connectivity index (χ2v) is 5.02. The topological polar surface area (TPSA) is 12.0 Å². The Bertz CT molecular complexity index is 352. The SMILES string of the molecule is C=CC1=C(/C=C\C)C=CC12CCNCC2.CC.CCC. The first-order valence-corrected chi connectivity index (χ1v) is 8.14. The number of allylic oxidation sites excluding steroid dienone is 7. The van der Waals surface area contributed by atoms with Crippen LogP contribution >= 0.6 is 0 Å². The number of piperidine rings is 1. The highest BCUT2D eigenvalue weighted by Gasteiger charge is 2.35. The van der Waals surface area contributed by atoms with E-state index in [4.69, 9.17) is 0 Å². The number of rotatable bonds is 2. The van der Waals surface area contributed by atoms with Gasteiger partial charge in [0.15, 0.2) is 0 Å². The molecule has 1 heteroatoms. The fourth-order valence-electron chi connectivity index (χ4n) is 2.67. The molecule has 0 amide bonds. The highest BCUT2D eigenvalue weighted by molar-refractivity contribution is 5.52. The van der Waals surface area contributed by atoms with Crippen LogP contribution in [-0.4, -0.2) is 13.1 Å². The van der Waals surface area contributed by atoms with Crippen molar-refractivity contribution in [3.8, 4) is 0 Å². The molecule has 1 saturated heterocycles. The van der Waals surface area contributed by atoms with E-state index < -0.39 is 0 Å². The summed E-state index contributed by atoms with van der Waals surface area (Å²) in [6.07, 6.45) is 14.6. The van der Waals surface area contributed by atoms with Crippen molar-refractivity contribution in [3.63, 3.8) is 0 Å². The van der Waals surface area contributed by atoms with Crippen molar-refractivity contribution in [2.24, 2.45) is 5.41 Å². The van der Waals surface area contributed by atoms with Crippen molar-refractivity contribution in [1.29, 1.82) is 0 Å². The molecule has 20 heavy (non-hydrogen) atoms. The number of hydrogen-bond acceptors (Lipinski definition) is 1. The van der Waals surface area contributed by atoms with Crippen LogP contribution in [0.2, 0.25) is 0 Å². The third-order valence-corrected chi connectivity index (χ3v) is 3.48. The van der Waals surface area contributed by atoms with E-state index in [1.807, 2.05) is 19.9 Å². The first-order chi connectivity index (χ1) is 9.74. The molecule has 2 rings (SSSR count). The lowest BCUT2D eigenvalue weighted by molar-refractivity contribution is 0.333. The van der Waals surface area contributed by atoms with Crippen molar-refractivity contribution < 1.29 is 0 Å². The summed E-state index contributed by atoms with van der Waals surface area (Å²) in [6, 6.07) is 0. The highest BCUT2D eigenvalue weighted by Crippen LogP contribution is 2.45. The van der Waals surface area contributed by atoms with E-state index in [0.29, 0.717) is 0 Å². The maximum absolute atomic E-state index is 3.97. The van der Waals surface area contributed by atoms with Crippen LogP contribution in [-0.2, 0) is 0 Å². The lowest BCUT2D eigenvalue weighted by Crippen LogP contribution is -2.35. The van der Waals surface area contributed by atoms with Crippen LogP contribution < -0.4 is 5.32 Å². The summed E-state index contributed by atoms with van der Waals surface area (Å²) < 4.78 is 0. The van der Waals surface area contributed by atoms with E-state index in [2.05, 4.69) is 57.0 Å². The molecule has 1 aliphatic carbocycles. The van der Waals surface area contributed by atoms with Crippen molar-refractivity contribution in [1.82, 2.24) is 5.32 Å². The molecule has 0 bridgehead atoms. The molecule has 1 aliphatic heterocycles. The molecule has 0 radical (unpaired) electrons. The first-order valence-electron chi connectivity index (χ1n) is 8.14. The Labute approximate surface area is 126 Å². The predicted octanol–water partition coefficient (Wildman–Crippen LogP) is 5.43. The molecular formula is C19H33N. The Morgan fingerprint density at radius 2 is 1.80 bits per heavy atom. The van der Waals surface area contributed by atoms with Gasteiger partial charge in [0.25, 0.3) is 0 Å². The monoisotopic (exact) mass is 275 g/mol. The van der Waals surface area contributed by atoms with Gasteiger partial charge in [0.05, 0.1) is 0 Å². The highest BCUT2D eigenvalue weighted by atomic mass is 14.9. The first kappa shape index (κ1) is 18.9. The molecule has 0 atom stereocenters. The largest absolute Gasteiger partial charge is 0.317 e. The van der Waals surface area contributed by atoms with Crippen LogP contribution in [0.4, 0.5) is 0 Å². The van der Waals surface area contributed by atoms with Gasteiger partial charge in [0.2, 0.25) is 0 Å². The molecule has 114 valence electrons. The Balaban J connectivity index is 0.000000641. The van der Waals surface area contributed by atoms with Crippen molar-refractivity contribution in [2.75, 3.05) is 13.1 Å². The van der Waals surface area contributed by atoms with Gasteiger partial charge in [0, 0.05) is 5.41 Å². The lowest BCUT2D eigenvalue weighted by Gasteiger charge is -2.34. The lowest BCUT2D eigenvalue weighted by atomic mass is 9.74. The van der Waals surface area contributed by atoms with Crippen molar-refractivity contribution >= 4 is 0 Å². The van der Waals surface area contributed by atoms with Crippen molar-refractivity contribution in [3.05, 3.63) is 48.1 Å². The molecule has 0 unspecified atom stereocenters. The fraction of sp³-hybridized carbons (Fsp3) is 0.579. The summed E-state index contributed by atoms with van der Waals surface area (Å²) in [5.74, 6) is 0. The maximum atomic E-state index is 3.97. The molecule has 0 aromatic rings. The summed E-state index contributed by atoms with van der Waals surface area (Å²) in [5, 5.41) is 3.42. The van der Waals surface area contributed by atoms with Crippen LogP contribution in [0.15, 0.2) is 48.1 Å². The molecule has 0 aromatic heterocycles. The molecular weight excluding hydrogens is 242 g/mol. The second kappa shape index (κ2) is 10.7. The Morgan fingerprint density at radius 3 is 2.25 bits per heavy atom. The Hall–Kier alpha value is -1.08. The average molecular weight is 275 g/mol. The minimum absolute atomic E-state index is 0.280. The molecule has 0 aromatic carbocycles. The molecule has 1 fully saturated rings. The van der Waals surface area contributed by atoms with Crippen LogP contribution in [0.1, 0.15) is 53.9 Å². The van der Waals surface area contributed by atoms with Crippen LogP contribution in [0.3, 0.4) is 0 Å². The predicted molar refractivity (Wildman–Crippen MR) is 93.0 cm³/mol. The van der Waals surface area contributed by atoms with Crippen LogP contribution in [0.5, 0.6) is 0 Å². The van der Waals surface area contributed by atoms with Gasteiger partial charge in [-0.3, -0.25) is 0 Å². The summed E-state index contributed by atoms with van der Waals surface area (Å²) in [5.41, 5.74) is 3.04. The Kier molecular flexibility index (Phi) is 10.1. The minimum atomic E-state index is 0.280. The smallest absolute Gasteiger partial charge is 0.0165 e. The van der Waals surface area contributed by atoms with Gasteiger partial charge in [-0.05, 0) is 44.0 Å². The van der Waals surface area contributed by atoms with Gasteiger partial charge in [-0.15, -0.1) is 0 Å². The molecule has 1 heterocycles. The number of nitrogens with one attached hydrogen (secondary N) is 1. The van der Waals surface area contributed by atoms with E-state index in [1.54, 1.807) is 0 Å². The van der Waals surface area contributed by atoms with E-state index in [-0.39, 0.29) is 5.41 Å². The maximum Gasteiger partial charge on any atom is 0.0165 e. The van der Waals surface area contributed by atoms with Gasteiger partial charge in [-0.25, -0.2) is 0 Å². The van der Waals surface area contributed by atoms with Crippen LogP contribution in [0, 0.1) is 5.41 Å². The summed E-state index contributed by atoms with van der Waals surface area (Å²) in [4.78, 5) is 0. The molecule has 1 N–H and O–H groups in total. The number of hydrogen-bond donors (Lipinski definition) is 1. The Morgan fingerprint density at radius 1 is 1.25 bits per heavy atom. The van der Waals surface area contributed by atoms with Crippen LogP contribution in [0.25, 0.3) is 0 Å². The van der Waals surface area contributed by atoms with Gasteiger partial charge in [0.1, 0.15) is 0 Å². The van der Waals surface area contributed by atoms with E-state index in [0.717, 1.165) is 13.1 Å². The fourth-order valence-corrected chi connectivity index (χ4v) is 2.67. The molecule has 1 nitrogen and oxygen atoms in total. The standard InChI is InChI=1S/C14H19N.C3H8.C2H6/c1-3-5-12-6-7-14(13(12)4-2)8-10-15-11-9-14;1-3-2;1-2/h3-7,15H,2,8-11H2,1H3;3H2,1-2H3;1-2H3/b5-3-;;. The van der Waals surface area contributed by atoms with Gasteiger partial charge >= 0.3 is 0 Å². The van der Waals surface area contributed by atoms with E-state index >= 15 is 0 Å². The second-order valence-electron chi connectivity index (χ2n) is 5.02. The average Bonchev–Trinajstić information content (AvgIpc) is 2.80. The zero-order chi connectivity index (χ0) is 15.4. The quantitative estimate of drug-likeness (QED) is 0.709. The summed E-state index contributed by atoms with van der Waals surface area (Å²) >= 11 is 0. The molecule has 1 spiro atoms. The van der Waals surface area contributed by atoms with Gasteiger partial charge in [-0.1, -0.05) is 71.1 Å². The zero-order valence-electron chi connectivity index (χ0n) is 14.1. The van der Waals surface area contributed by atoms with E-state index in [9.17, 15) is 0 Å². The zero-order valence-corrected chi connectivity index (χ0v) is 14.1. The van der Waals surface area contributed by atoms with E-state index in [1.165, 1.54) is 30.4 Å². The normalized spacial score (nSPS) is 19.4. The third-order valence-electron chi connectivity index (χ3n) is 3.48. The minimum Gasteiger partial charge on any atom is -0.317 e. The van der Waals surface area contributed by atoms with Gasteiger partial charge in [-0.2, -0.15) is 0 Å². The summed E-state index contributed by atoms with van der Waals surface area (Å²) in [6.45, 7) is 16.5. The third kappa shape index (κ3) is 4.79. The molecule has 2 aliphatic rings. The summed E-state index contributed by atoms with van der Waals surface area (Å²) in [7, 11) is 0. The molecule has 0 saturated carbocycles.